The van der Waals surface area contributed by atoms with Crippen molar-refractivity contribution >= 4 is 34.9 Å². The highest BCUT2D eigenvalue weighted by atomic mass is 32.1. The molecule has 140 valence electrons. The summed E-state index contributed by atoms with van der Waals surface area (Å²) >= 11 is 1.29. The van der Waals surface area contributed by atoms with Gasteiger partial charge in [-0.15, -0.1) is 11.3 Å². The van der Waals surface area contributed by atoms with Crippen molar-refractivity contribution in [2.45, 2.75) is 12.8 Å². The molecule has 0 radical (unpaired) electrons. The Morgan fingerprint density at radius 3 is 2.37 bits per heavy atom. The van der Waals surface area contributed by atoms with Crippen molar-refractivity contribution in [1.82, 2.24) is 4.90 Å². The topological polar surface area (TPSA) is 80.8 Å². The average molecular weight is 385 g/mol. The van der Waals surface area contributed by atoms with Crippen LogP contribution in [0, 0.1) is 35.5 Å². The highest BCUT2D eigenvalue weighted by Gasteiger charge is 2.66. The predicted octanol–water partition coefficient (Wildman–Crippen LogP) is 1.92. The molecule has 3 fully saturated rings. The first-order valence-electron chi connectivity index (χ1n) is 9.32. The van der Waals surface area contributed by atoms with Gasteiger partial charge in [0.15, 0.2) is 6.61 Å². The Morgan fingerprint density at radius 2 is 1.78 bits per heavy atom. The number of Topliss-reactive ketones (excluding diaryl/α,β-unsaturated/α-hetero) is 1. The van der Waals surface area contributed by atoms with Crippen LogP contribution in [0.4, 0.5) is 0 Å². The quantitative estimate of drug-likeness (QED) is 0.323. The number of thiophene rings is 1. The van der Waals surface area contributed by atoms with E-state index in [9.17, 15) is 19.2 Å². The summed E-state index contributed by atoms with van der Waals surface area (Å²) < 4.78 is 5.01. The number of rotatable bonds is 6. The van der Waals surface area contributed by atoms with Crippen LogP contribution < -0.4 is 0 Å². The van der Waals surface area contributed by atoms with Crippen molar-refractivity contribution in [2.24, 2.45) is 35.5 Å². The number of imide groups is 1. The molecule has 5 aliphatic rings. The molecule has 2 heterocycles. The summed E-state index contributed by atoms with van der Waals surface area (Å²) in [5.74, 6) is -0.102. The highest BCUT2D eigenvalue weighted by Crippen LogP contribution is 2.65. The van der Waals surface area contributed by atoms with Gasteiger partial charge in [0.1, 0.15) is 0 Å². The normalized spacial score (nSPS) is 35.2. The zero-order valence-electron chi connectivity index (χ0n) is 14.6. The van der Waals surface area contributed by atoms with Gasteiger partial charge in [0.2, 0.25) is 17.6 Å². The molecule has 1 aromatic heterocycles. The van der Waals surface area contributed by atoms with E-state index in [1.807, 2.05) is 0 Å². The van der Waals surface area contributed by atoms with Gasteiger partial charge in [0.05, 0.1) is 23.1 Å². The molecule has 2 bridgehead atoms. The van der Waals surface area contributed by atoms with Crippen LogP contribution in [0.5, 0.6) is 0 Å². The van der Waals surface area contributed by atoms with Crippen molar-refractivity contribution in [1.29, 1.82) is 0 Å². The lowest BCUT2D eigenvalue weighted by molar-refractivity contribution is -0.145. The molecule has 27 heavy (non-hydrogen) atoms. The van der Waals surface area contributed by atoms with Gasteiger partial charge in [-0.05, 0) is 41.5 Å². The number of amides is 2. The highest BCUT2D eigenvalue weighted by molar-refractivity contribution is 7.12. The molecule has 0 unspecified atom stereocenters. The van der Waals surface area contributed by atoms with E-state index < -0.39 is 5.97 Å². The van der Waals surface area contributed by atoms with Crippen LogP contribution in [-0.4, -0.2) is 41.6 Å². The number of likely N-dealkylation sites (tertiary alicyclic amines) is 1. The molecule has 1 aromatic rings. The Hall–Kier alpha value is -2.28. The molecule has 0 N–H and O–H groups in total. The van der Waals surface area contributed by atoms with Crippen molar-refractivity contribution in [3.05, 3.63) is 34.5 Å². The minimum atomic E-state index is -0.570. The fourth-order valence-corrected chi connectivity index (χ4v) is 5.82. The molecular formula is C20H19NO5S. The number of allylic oxidation sites excluding steroid dienone is 2. The van der Waals surface area contributed by atoms with Crippen LogP contribution in [0.25, 0.3) is 0 Å². The van der Waals surface area contributed by atoms with Crippen LogP contribution in [0.3, 0.4) is 0 Å². The standard InChI is InChI=1S/C20H19NO5S/c22-14(15-2-1-7-27-15)9-26-16(23)5-6-21-19(24)17-10-3-4-11(13-8-12(10)13)18(17)20(21)25/h1-4,7,10-13,17-18H,5-6,8-9H2/t10-,11-,12-,13-,17+,18+/m1/s1. The van der Waals surface area contributed by atoms with Crippen LogP contribution in [-0.2, 0) is 19.1 Å². The molecule has 6 rings (SSSR count). The molecule has 1 aliphatic heterocycles. The molecular weight excluding hydrogens is 366 g/mol. The number of ether oxygens (including phenoxy) is 1. The summed E-state index contributed by atoms with van der Waals surface area (Å²) in [5, 5.41) is 1.78. The lowest BCUT2D eigenvalue weighted by atomic mass is 9.63. The van der Waals surface area contributed by atoms with Crippen molar-refractivity contribution in [3.8, 4) is 0 Å². The second-order valence-corrected chi connectivity index (χ2v) is 8.74. The summed E-state index contributed by atoms with van der Waals surface area (Å²) in [7, 11) is 0. The molecule has 2 saturated carbocycles. The lowest BCUT2D eigenvalue weighted by Gasteiger charge is -2.37. The fourth-order valence-electron chi connectivity index (χ4n) is 5.17. The number of hydrogen-bond donors (Lipinski definition) is 0. The van der Waals surface area contributed by atoms with E-state index in [1.54, 1.807) is 17.5 Å². The second-order valence-electron chi connectivity index (χ2n) is 7.79. The summed E-state index contributed by atoms with van der Waals surface area (Å²) in [6.45, 7) is -0.282. The predicted molar refractivity (Wildman–Crippen MR) is 95.6 cm³/mol. The van der Waals surface area contributed by atoms with Crippen molar-refractivity contribution < 1.29 is 23.9 Å². The maximum atomic E-state index is 12.8. The van der Waals surface area contributed by atoms with E-state index in [0.29, 0.717) is 16.7 Å². The van der Waals surface area contributed by atoms with Crippen LogP contribution in [0.1, 0.15) is 22.5 Å². The molecule has 0 spiro atoms. The van der Waals surface area contributed by atoms with E-state index >= 15 is 0 Å². The van der Waals surface area contributed by atoms with Crippen LogP contribution >= 0.6 is 11.3 Å². The molecule has 6 nitrogen and oxygen atoms in total. The van der Waals surface area contributed by atoms with Gasteiger partial charge in [0.25, 0.3) is 0 Å². The summed E-state index contributed by atoms with van der Waals surface area (Å²) in [6.07, 6.45) is 5.29. The van der Waals surface area contributed by atoms with E-state index in [4.69, 9.17) is 4.74 Å². The van der Waals surface area contributed by atoms with Gasteiger partial charge < -0.3 is 4.74 Å². The molecule has 6 atom stereocenters. The van der Waals surface area contributed by atoms with E-state index in [1.165, 1.54) is 16.2 Å². The monoisotopic (exact) mass is 385 g/mol. The number of nitrogens with zero attached hydrogens (tertiary/aromatic N) is 1. The summed E-state index contributed by atoms with van der Waals surface area (Å²) in [6, 6.07) is 3.44. The first-order valence-corrected chi connectivity index (χ1v) is 10.2. The van der Waals surface area contributed by atoms with Gasteiger partial charge in [-0.3, -0.25) is 24.1 Å². The Kier molecular flexibility index (Phi) is 3.82. The smallest absolute Gasteiger partial charge is 0.308 e. The maximum Gasteiger partial charge on any atom is 0.308 e. The maximum absolute atomic E-state index is 12.8. The number of carbonyl (C=O) groups is 4. The third-order valence-electron chi connectivity index (χ3n) is 6.45. The Labute approximate surface area is 160 Å². The Morgan fingerprint density at radius 1 is 1.11 bits per heavy atom. The summed E-state index contributed by atoms with van der Waals surface area (Å²) in [5.41, 5.74) is 0. The minimum absolute atomic E-state index is 0.0332. The van der Waals surface area contributed by atoms with E-state index in [0.717, 1.165) is 6.42 Å². The zero-order valence-corrected chi connectivity index (χ0v) is 15.4. The van der Waals surface area contributed by atoms with Crippen LogP contribution in [0.15, 0.2) is 29.7 Å². The van der Waals surface area contributed by atoms with Gasteiger partial charge in [-0.2, -0.15) is 0 Å². The van der Waals surface area contributed by atoms with Gasteiger partial charge >= 0.3 is 5.97 Å². The van der Waals surface area contributed by atoms with Crippen molar-refractivity contribution in [2.75, 3.05) is 13.2 Å². The van der Waals surface area contributed by atoms with Crippen LogP contribution in [0.2, 0.25) is 0 Å². The van der Waals surface area contributed by atoms with Crippen molar-refractivity contribution in [3.63, 3.8) is 0 Å². The SMILES string of the molecule is O=C(CCN1C(=O)[C@H]2[C@@H]3C=C[C@H]([C@H]4C[C@H]34)[C@@H]2C1=O)OCC(=O)c1cccs1. The van der Waals surface area contributed by atoms with Gasteiger partial charge in [-0.1, -0.05) is 18.2 Å². The molecule has 7 heteroatoms. The molecule has 1 saturated heterocycles. The summed E-state index contributed by atoms with van der Waals surface area (Å²) in [4.78, 5) is 51.2. The second kappa shape index (κ2) is 6.12. The number of hydrogen-bond acceptors (Lipinski definition) is 6. The van der Waals surface area contributed by atoms with E-state index in [2.05, 4.69) is 12.2 Å². The molecule has 0 aromatic carbocycles. The molecule has 4 aliphatic carbocycles. The number of carbonyl (C=O) groups excluding carboxylic acids is 4. The lowest BCUT2D eigenvalue weighted by Crippen LogP contribution is -2.40. The molecule has 2 amide bonds. The van der Waals surface area contributed by atoms with Gasteiger partial charge in [-0.25, -0.2) is 0 Å². The van der Waals surface area contributed by atoms with E-state index in [-0.39, 0.29) is 60.8 Å². The zero-order chi connectivity index (χ0) is 18.7. The first kappa shape index (κ1) is 16.9. The number of ketones is 1. The minimum Gasteiger partial charge on any atom is -0.457 e. The largest absolute Gasteiger partial charge is 0.457 e. The van der Waals surface area contributed by atoms with Gasteiger partial charge in [0, 0.05) is 6.54 Å². The Balaban J connectivity index is 1.17. The Bertz CT molecular complexity index is 824. The third kappa shape index (κ3) is 2.59. The average Bonchev–Trinajstić information content (AvgIpc) is 3.25. The number of esters is 1. The third-order valence-corrected chi connectivity index (χ3v) is 7.36. The fraction of sp³-hybridized carbons (Fsp3) is 0.500. The first-order chi connectivity index (χ1) is 13.1.